The Morgan fingerprint density at radius 3 is 0.750 bits per heavy atom. The van der Waals surface area contributed by atoms with Gasteiger partial charge in [-0.15, -0.1) is 15.8 Å². The molecule has 0 spiro atoms. The van der Waals surface area contributed by atoms with E-state index in [2.05, 4.69) is 46.6 Å². The molecule has 0 aliphatic carbocycles. The van der Waals surface area contributed by atoms with Crippen LogP contribution in [0.4, 0.5) is 0 Å². The van der Waals surface area contributed by atoms with Crippen molar-refractivity contribution in [2.24, 2.45) is 0 Å². The minimum absolute atomic E-state index is 0. The normalized spacial score (nSPS) is 6.17. The van der Waals surface area contributed by atoms with Crippen LogP contribution >= 0.6 is 15.8 Å². The molecule has 0 aromatic carbocycles. The van der Waals surface area contributed by atoms with Crippen molar-refractivity contribution in [2.45, 2.75) is 0 Å². The van der Waals surface area contributed by atoms with Crippen LogP contribution in [0, 0.1) is 6.65 Å². The Morgan fingerprint density at radius 2 is 0.750 bits per heavy atom. The van der Waals surface area contributed by atoms with Gasteiger partial charge in [-0.05, 0) is 40.0 Å². The molecule has 0 heterocycles. The van der Waals surface area contributed by atoms with Crippen molar-refractivity contribution in [3.05, 3.63) is 6.65 Å². The molecule has 0 aliphatic rings. The molecular formula is C7H18ClOP2Rh-. The van der Waals surface area contributed by atoms with Crippen LogP contribution in [0.3, 0.4) is 0 Å². The summed E-state index contributed by atoms with van der Waals surface area (Å²) in [4.78, 5) is 0. The van der Waals surface area contributed by atoms with Gasteiger partial charge in [0.15, 0.2) is 0 Å². The molecule has 0 unspecified atom stereocenters. The molecule has 0 aliphatic heterocycles. The predicted octanol–water partition coefficient (Wildman–Crippen LogP) is -0.321. The molecular weight excluding hydrogens is 300 g/mol. The van der Waals surface area contributed by atoms with Gasteiger partial charge in [0, 0.05) is 19.5 Å². The summed E-state index contributed by atoms with van der Waals surface area (Å²) < 4.78 is 7.50. The Hall–Kier alpha value is 1.51. The Bertz CT molecular complexity index is 58.2. The molecule has 0 rings (SSSR count). The van der Waals surface area contributed by atoms with E-state index in [0.29, 0.717) is 15.8 Å². The average Bonchev–Trinajstić information content (AvgIpc) is 1.66. The zero-order chi connectivity index (χ0) is 9.15. The smallest absolute Gasteiger partial charge is 0 e. The van der Waals surface area contributed by atoms with Gasteiger partial charge in [0.2, 0.25) is 0 Å². The summed E-state index contributed by atoms with van der Waals surface area (Å²) in [6.45, 7) is 17.9. The molecule has 0 atom stereocenters. The zero-order valence-corrected chi connectivity index (χ0v) is 12.7. The van der Waals surface area contributed by atoms with Crippen molar-refractivity contribution in [3.63, 3.8) is 0 Å². The standard InChI is InChI=1S/2C3H9P.CO.ClH.Rh/c2*1-4(2)3;1-2;;/h2*1-3H3;;1H;/p-1. The quantitative estimate of drug-likeness (QED) is 0.252. The van der Waals surface area contributed by atoms with Crippen molar-refractivity contribution in [3.8, 4) is 0 Å². The van der Waals surface area contributed by atoms with Crippen LogP contribution in [0.1, 0.15) is 0 Å². The van der Waals surface area contributed by atoms with E-state index >= 15 is 0 Å². The largest absolute Gasteiger partial charge is 1.00 e. The van der Waals surface area contributed by atoms with Gasteiger partial charge in [-0.3, -0.25) is 0 Å². The fourth-order valence-electron chi connectivity index (χ4n) is 0. The third kappa shape index (κ3) is 556. The first-order chi connectivity index (χ1) is 4.46. The number of halogens is 1. The van der Waals surface area contributed by atoms with Gasteiger partial charge in [0.1, 0.15) is 0 Å². The molecule has 1 radical (unpaired) electrons. The van der Waals surface area contributed by atoms with Gasteiger partial charge < -0.3 is 12.4 Å². The van der Waals surface area contributed by atoms with Crippen LogP contribution in [-0.2, 0) is 24.1 Å². The van der Waals surface area contributed by atoms with Crippen LogP contribution in [0.2, 0.25) is 0 Å². The van der Waals surface area contributed by atoms with Crippen LogP contribution in [0.5, 0.6) is 0 Å². The van der Waals surface area contributed by atoms with Crippen LogP contribution in [0.25, 0.3) is 0 Å². The van der Waals surface area contributed by atoms with Gasteiger partial charge in [-0.25, -0.2) is 0 Å². The Labute approximate surface area is 98.9 Å². The number of rotatable bonds is 0. The molecule has 1 nitrogen and oxygen atoms in total. The maximum atomic E-state index is 7.50. The molecule has 12 heavy (non-hydrogen) atoms. The van der Waals surface area contributed by atoms with E-state index in [0.717, 1.165) is 0 Å². The Morgan fingerprint density at radius 1 is 0.750 bits per heavy atom. The fourth-order valence-corrected chi connectivity index (χ4v) is 0. The molecule has 5 heteroatoms. The molecule has 0 saturated carbocycles. The van der Waals surface area contributed by atoms with E-state index in [-0.39, 0.29) is 31.9 Å². The maximum Gasteiger partial charge on any atom is 0 e. The topological polar surface area (TPSA) is 19.9 Å². The van der Waals surface area contributed by atoms with E-state index in [9.17, 15) is 0 Å². The summed E-state index contributed by atoms with van der Waals surface area (Å²) in [6, 6.07) is 0. The average molecular weight is 319 g/mol. The van der Waals surface area contributed by atoms with Crippen molar-refractivity contribution in [1.29, 1.82) is 0 Å². The van der Waals surface area contributed by atoms with E-state index in [1.54, 1.807) is 0 Å². The molecule has 0 aromatic rings. The second-order valence-electron chi connectivity index (χ2n) is 2.68. The monoisotopic (exact) mass is 318 g/mol. The predicted molar refractivity (Wildman–Crippen MR) is 53.3 cm³/mol. The first-order valence-corrected chi connectivity index (χ1v) is 8.25. The van der Waals surface area contributed by atoms with E-state index in [1.807, 2.05) is 0 Å². The van der Waals surface area contributed by atoms with Gasteiger partial charge >= 0.3 is 11.3 Å². The van der Waals surface area contributed by atoms with Gasteiger partial charge in [0.05, 0.1) is 0 Å². The van der Waals surface area contributed by atoms with Gasteiger partial charge in [0.25, 0.3) is 0 Å². The molecule has 0 aromatic heterocycles. The van der Waals surface area contributed by atoms with Crippen molar-refractivity contribution in [1.82, 2.24) is 0 Å². The van der Waals surface area contributed by atoms with E-state index in [4.69, 9.17) is 4.65 Å². The first kappa shape index (κ1) is 29.2. The van der Waals surface area contributed by atoms with Crippen LogP contribution < -0.4 is 12.4 Å². The van der Waals surface area contributed by atoms with Crippen LogP contribution in [0.15, 0.2) is 0 Å². The molecule has 0 saturated heterocycles. The van der Waals surface area contributed by atoms with Crippen molar-refractivity contribution >= 4 is 15.8 Å². The fraction of sp³-hybridized carbons (Fsp3) is 0.857. The molecule has 0 amide bonds. The summed E-state index contributed by atoms with van der Waals surface area (Å²) in [5, 5.41) is 0. The van der Waals surface area contributed by atoms with Crippen LogP contribution in [-0.4, -0.2) is 40.0 Å². The minimum Gasteiger partial charge on any atom is -1.00 e. The maximum absolute atomic E-state index is 7.50. The third-order valence-corrected chi connectivity index (χ3v) is 0. The number of hydrogen-bond acceptors (Lipinski definition) is 0. The minimum atomic E-state index is 0. The van der Waals surface area contributed by atoms with Gasteiger partial charge in [-0.1, -0.05) is 0 Å². The third-order valence-electron chi connectivity index (χ3n) is 0. The second-order valence-corrected chi connectivity index (χ2v) is 8.05. The first-order valence-electron chi connectivity index (χ1n) is 2.89. The van der Waals surface area contributed by atoms with Crippen molar-refractivity contribution in [2.75, 3.05) is 40.0 Å². The zero-order valence-electron chi connectivity index (χ0n) is 8.51. The molecule has 0 fully saturated rings. The summed E-state index contributed by atoms with van der Waals surface area (Å²) in [7, 11) is 0.759. The Kier molecular flexibility index (Phi) is 71.5. The summed E-state index contributed by atoms with van der Waals surface area (Å²) in [5.74, 6) is 0. The van der Waals surface area contributed by atoms with Crippen molar-refractivity contribution < 1.29 is 36.5 Å². The SMILES string of the molecule is CP(C)C.CP(C)C.[C-]#[O+].[Cl-].[Rh]. The molecule has 79 valence electrons. The van der Waals surface area contributed by atoms with Gasteiger partial charge in [-0.2, -0.15) is 0 Å². The molecule has 0 N–H and O–H groups in total. The van der Waals surface area contributed by atoms with E-state index < -0.39 is 0 Å². The summed E-state index contributed by atoms with van der Waals surface area (Å²) in [6.07, 6.45) is 0. The number of hydrogen-bond donors (Lipinski definition) is 0. The Balaban J connectivity index is -0.0000000198. The summed E-state index contributed by atoms with van der Waals surface area (Å²) in [5.41, 5.74) is 0. The second kappa shape index (κ2) is 29.4. The molecule has 0 bridgehead atoms. The van der Waals surface area contributed by atoms with E-state index in [1.165, 1.54) is 0 Å². The summed E-state index contributed by atoms with van der Waals surface area (Å²) >= 11 is 0.